The van der Waals surface area contributed by atoms with Crippen LogP contribution in [-0.4, -0.2) is 12.1 Å². The van der Waals surface area contributed by atoms with Gasteiger partial charge >= 0.3 is 0 Å². The van der Waals surface area contributed by atoms with E-state index in [0.29, 0.717) is 17.2 Å². The van der Waals surface area contributed by atoms with E-state index in [9.17, 15) is 4.79 Å². The highest BCUT2D eigenvalue weighted by Crippen LogP contribution is 2.16. The van der Waals surface area contributed by atoms with Crippen LogP contribution < -0.4 is 10.2 Å². The predicted octanol–water partition coefficient (Wildman–Crippen LogP) is 5.45. The number of rotatable bonds is 6. The summed E-state index contributed by atoms with van der Waals surface area (Å²) in [6, 6.07) is 22.2. The van der Waals surface area contributed by atoms with Gasteiger partial charge in [0.15, 0.2) is 0 Å². The third-order valence-corrected chi connectivity index (χ3v) is 4.53. The second-order valence-electron chi connectivity index (χ2n) is 5.67. The fourth-order valence-electron chi connectivity index (χ4n) is 2.30. The lowest BCUT2D eigenvalue weighted by molar-refractivity contribution is 0.0955. The van der Waals surface area contributed by atoms with E-state index in [1.807, 2.05) is 48.5 Å². The lowest BCUT2D eigenvalue weighted by Gasteiger charge is -2.07. The number of hydrazone groups is 1. The first-order valence-electron chi connectivity index (χ1n) is 8.17. The van der Waals surface area contributed by atoms with E-state index in [1.165, 1.54) is 0 Å². The number of halogens is 2. The highest BCUT2D eigenvalue weighted by molar-refractivity contribution is 9.10. The molecule has 1 amide bonds. The first-order chi connectivity index (χ1) is 13.1. The molecule has 0 aliphatic heterocycles. The van der Waals surface area contributed by atoms with Crippen LogP contribution in [0, 0.1) is 0 Å². The molecule has 0 fully saturated rings. The van der Waals surface area contributed by atoms with Crippen LogP contribution in [0.3, 0.4) is 0 Å². The number of hydrogen-bond acceptors (Lipinski definition) is 3. The molecule has 3 rings (SSSR count). The molecule has 6 heteroatoms. The number of amides is 1. The Bertz CT molecular complexity index is 958. The van der Waals surface area contributed by atoms with Crippen molar-refractivity contribution in [3.63, 3.8) is 0 Å². The van der Waals surface area contributed by atoms with E-state index < -0.39 is 0 Å². The number of benzene rings is 3. The molecule has 0 aliphatic rings. The molecule has 0 bridgehead atoms. The summed E-state index contributed by atoms with van der Waals surface area (Å²) in [5.74, 6) is 0.360. The number of nitrogens with zero attached hydrogens (tertiary/aromatic N) is 1. The second kappa shape index (κ2) is 9.35. The summed E-state index contributed by atoms with van der Waals surface area (Å²) in [6.45, 7) is 0.469. The predicted molar refractivity (Wildman–Crippen MR) is 111 cm³/mol. The van der Waals surface area contributed by atoms with E-state index >= 15 is 0 Å². The van der Waals surface area contributed by atoms with Gasteiger partial charge in [0, 0.05) is 4.47 Å². The molecule has 3 aromatic rings. The Morgan fingerprint density at radius 1 is 1.07 bits per heavy atom. The maximum atomic E-state index is 12.1. The fourth-order valence-corrected chi connectivity index (χ4v) is 2.79. The van der Waals surface area contributed by atoms with Crippen LogP contribution >= 0.6 is 27.5 Å². The third-order valence-electron chi connectivity index (χ3n) is 3.68. The van der Waals surface area contributed by atoms with Crippen molar-refractivity contribution in [3.8, 4) is 5.75 Å². The van der Waals surface area contributed by atoms with Crippen LogP contribution in [0.5, 0.6) is 5.75 Å². The smallest absolute Gasteiger partial charge is 0.272 e. The molecule has 0 spiro atoms. The van der Waals surface area contributed by atoms with Crippen LogP contribution in [0.4, 0.5) is 0 Å². The minimum Gasteiger partial charge on any atom is -0.489 e. The Morgan fingerprint density at radius 2 is 1.85 bits per heavy atom. The average molecular weight is 444 g/mol. The molecule has 0 heterocycles. The van der Waals surface area contributed by atoms with Crippen molar-refractivity contribution in [2.24, 2.45) is 5.10 Å². The number of nitrogens with one attached hydrogen (secondary N) is 1. The quantitative estimate of drug-likeness (QED) is 0.407. The van der Waals surface area contributed by atoms with Crippen molar-refractivity contribution in [3.05, 3.63) is 99.0 Å². The molecular weight excluding hydrogens is 428 g/mol. The number of ether oxygens (including phenoxy) is 1. The van der Waals surface area contributed by atoms with Gasteiger partial charge in [-0.2, -0.15) is 5.10 Å². The van der Waals surface area contributed by atoms with Gasteiger partial charge in [-0.3, -0.25) is 4.79 Å². The molecule has 3 aromatic carbocycles. The summed E-state index contributed by atoms with van der Waals surface area (Å²) >= 11 is 9.41. The average Bonchev–Trinajstić information content (AvgIpc) is 2.68. The Balaban J connectivity index is 1.58. The summed E-state index contributed by atoms with van der Waals surface area (Å²) in [7, 11) is 0. The molecule has 0 saturated heterocycles. The maximum absolute atomic E-state index is 12.1. The molecule has 0 aromatic heterocycles. The number of carbonyl (C=O) groups excluding carboxylic acids is 1. The van der Waals surface area contributed by atoms with E-state index in [-0.39, 0.29) is 5.91 Å². The normalized spacial score (nSPS) is 10.7. The van der Waals surface area contributed by atoms with Crippen LogP contribution in [0.15, 0.2) is 82.4 Å². The van der Waals surface area contributed by atoms with Crippen molar-refractivity contribution >= 4 is 39.7 Å². The van der Waals surface area contributed by atoms with Gasteiger partial charge < -0.3 is 4.74 Å². The molecule has 27 heavy (non-hydrogen) atoms. The molecule has 1 N–H and O–H groups in total. The Kier molecular flexibility index (Phi) is 6.63. The van der Waals surface area contributed by atoms with E-state index in [4.69, 9.17) is 16.3 Å². The summed E-state index contributed by atoms with van der Waals surface area (Å²) in [4.78, 5) is 12.1. The van der Waals surface area contributed by atoms with Crippen molar-refractivity contribution in [2.75, 3.05) is 0 Å². The molecule has 0 unspecified atom stereocenters. The minimum absolute atomic E-state index is 0.362. The van der Waals surface area contributed by atoms with Crippen molar-refractivity contribution in [2.45, 2.75) is 6.61 Å². The van der Waals surface area contributed by atoms with Gasteiger partial charge in [-0.15, -0.1) is 0 Å². The van der Waals surface area contributed by atoms with E-state index in [1.54, 1.807) is 30.5 Å². The first-order valence-corrected chi connectivity index (χ1v) is 9.34. The largest absolute Gasteiger partial charge is 0.489 e. The standard InChI is InChI=1S/C21H16BrClN2O2/c22-17-10-8-15(9-11-17)14-27-18-5-3-4-16(12-18)13-24-25-21(26)19-6-1-2-7-20(19)23/h1-13H,14H2,(H,25,26)/b24-13-. The van der Waals surface area contributed by atoms with Crippen LogP contribution in [0.25, 0.3) is 0 Å². The van der Waals surface area contributed by atoms with Crippen LogP contribution in [0.1, 0.15) is 21.5 Å². The lowest BCUT2D eigenvalue weighted by Crippen LogP contribution is -2.17. The third kappa shape index (κ3) is 5.67. The Morgan fingerprint density at radius 3 is 2.63 bits per heavy atom. The summed E-state index contributed by atoms with van der Waals surface area (Å²) in [5, 5.41) is 4.37. The van der Waals surface area contributed by atoms with Gasteiger partial charge in [0.2, 0.25) is 0 Å². The summed E-state index contributed by atoms with van der Waals surface area (Å²) in [6.07, 6.45) is 1.56. The number of hydrogen-bond donors (Lipinski definition) is 1. The fraction of sp³-hybridized carbons (Fsp3) is 0.0476. The van der Waals surface area contributed by atoms with Crippen molar-refractivity contribution < 1.29 is 9.53 Å². The molecule has 0 radical (unpaired) electrons. The topological polar surface area (TPSA) is 50.7 Å². The van der Waals surface area contributed by atoms with Crippen LogP contribution in [0.2, 0.25) is 5.02 Å². The number of carbonyl (C=O) groups is 1. The van der Waals surface area contributed by atoms with Crippen LogP contribution in [-0.2, 0) is 6.61 Å². The zero-order valence-corrected chi connectivity index (χ0v) is 16.6. The van der Waals surface area contributed by atoms with Gasteiger partial charge in [-0.05, 0) is 47.5 Å². The first kappa shape index (κ1) is 19.1. The minimum atomic E-state index is -0.362. The molecule has 136 valence electrons. The summed E-state index contributed by atoms with van der Waals surface area (Å²) < 4.78 is 6.83. The van der Waals surface area contributed by atoms with Gasteiger partial charge in [0.1, 0.15) is 12.4 Å². The van der Waals surface area contributed by atoms with Gasteiger partial charge in [-0.25, -0.2) is 5.43 Å². The molecule has 0 atom stereocenters. The van der Waals surface area contributed by atoms with Crippen molar-refractivity contribution in [1.29, 1.82) is 0 Å². The SMILES string of the molecule is O=C(N/N=C\c1cccc(OCc2ccc(Br)cc2)c1)c1ccccc1Cl. The maximum Gasteiger partial charge on any atom is 0.272 e. The lowest BCUT2D eigenvalue weighted by atomic mass is 10.2. The highest BCUT2D eigenvalue weighted by atomic mass is 79.9. The van der Waals surface area contributed by atoms with E-state index in [0.717, 1.165) is 21.3 Å². The molecule has 4 nitrogen and oxygen atoms in total. The van der Waals surface area contributed by atoms with Crippen molar-refractivity contribution in [1.82, 2.24) is 5.43 Å². The monoisotopic (exact) mass is 442 g/mol. The Labute approximate surface area is 171 Å². The second-order valence-corrected chi connectivity index (χ2v) is 6.99. The highest BCUT2D eigenvalue weighted by Gasteiger charge is 2.07. The zero-order valence-electron chi connectivity index (χ0n) is 14.2. The molecular formula is C21H16BrClN2O2. The van der Waals surface area contributed by atoms with E-state index in [2.05, 4.69) is 26.5 Å². The van der Waals surface area contributed by atoms with Gasteiger partial charge in [0.05, 0.1) is 16.8 Å². The van der Waals surface area contributed by atoms with Gasteiger partial charge in [-0.1, -0.05) is 63.9 Å². The van der Waals surface area contributed by atoms with Gasteiger partial charge in [0.25, 0.3) is 5.91 Å². The molecule has 0 saturated carbocycles. The summed E-state index contributed by atoms with van der Waals surface area (Å²) in [5.41, 5.74) is 4.73. The molecule has 0 aliphatic carbocycles. The Hall–Kier alpha value is -2.63. The zero-order chi connectivity index (χ0) is 19.1.